The van der Waals surface area contributed by atoms with Crippen molar-refractivity contribution in [1.29, 1.82) is 0 Å². The van der Waals surface area contributed by atoms with E-state index < -0.39 is 81.0 Å². The van der Waals surface area contributed by atoms with Crippen LogP contribution in [0.15, 0.2) is 36.9 Å². The molecule has 7 atom stereocenters. The number of piperidine rings is 1. The van der Waals surface area contributed by atoms with Crippen molar-refractivity contribution in [3.8, 4) is 11.6 Å². The van der Waals surface area contributed by atoms with Crippen molar-refractivity contribution in [3.63, 3.8) is 0 Å². The number of carbonyl (C=O) groups excluding carboxylic acids is 4. The second-order valence-corrected chi connectivity index (χ2v) is 22.8. The van der Waals surface area contributed by atoms with Gasteiger partial charge in [0.25, 0.3) is 5.91 Å². The molecule has 3 aliphatic carbocycles. The van der Waals surface area contributed by atoms with Crippen LogP contribution in [0.3, 0.4) is 0 Å². The first kappa shape index (κ1) is 49.8. The molecule has 3 N–H and O–H groups in total. The Labute approximate surface area is 397 Å². The minimum absolute atomic E-state index is 0.0541. The van der Waals surface area contributed by atoms with Crippen molar-refractivity contribution < 1.29 is 55.0 Å². The molecule has 2 saturated heterocycles. The van der Waals surface area contributed by atoms with Crippen LogP contribution in [0.2, 0.25) is 0 Å². The molecule has 1 aromatic heterocycles. The van der Waals surface area contributed by atoms with Gasteiger partial charge < -0.3 is 29.7 Å². The SMILES string of the molecule is C=CC(C)C(C)(NC(=O)C1CC2CN1C(=O)C(C1CCCCC1)NC(=O)OC1CC1CCCCCc1c(nc3ccccc3c1OC1CCN(CC(F)(F)F)CC1)O2)C(=O)NS(=O)(=O)C1(C)CC1. The molecule has 3 aliphatic heterocycles. The van der Waals surface area contributed by atoms with Crippen LogP contribution in [0.4, 0.5) is 18.0 Å². The Bertz CT molecular complexity index is 2330. The number of nitrogens with zero attached hydrogens (tertiary/aromatic N) is 3. The molecular formula is C49H67F3N6O9S. The minimum atomic E-state index is -4.31. The number of aromatic nitrogens is 1. The molecule has 7 unspecified atom stereocenters. The molecule has 0 radical (unpaired) electrons. The first-order valence-electron chi connectivity index (χ1n) is 24.6. The molecule has 1 aromatic carbocycles. The van der Waals surface area contributed by atoms with Gasteiger partial charge in [0.2, 0.25) is 27.7 Å². The first-order chi connectivity index (χ1) is 32.3. The van der Waals surface area contributed by atoms with Crippen LogP contribution in [0.5, 0.6) is 11.6 Å². The average Bonchev–Trinajstić information content (AvgIpc) is 4.20. The lowest BCUT2D eigenvalue weighted by Crippen LogP contribution is -2.64. The standard InChI is InChI=1S/C49H67F3N6O9S/c1-5-30(2)48(4,45(61)56-68(63,64)47(3)22-23-47)55-42(59)38-27-34-28-58(38)44(60)40(31-14-8-6-9-15-31)54-46(62)67-39-26-32(39)16-10-7-11-18-36-41(35-17-12-13-19-37(35)53-43(36)66-34)65-33-20-24-57(25-21-33)29-49(50,51)52/h5,12-13,17,19,30-34,38-40H,1,6-11,14-16,18,20-29H2,2-4H3,(H,54,62)(H,55,59)(H,56,61). The number of hydrogen-bond donors (Lipinski definition) is 3. The predicted octanol–water partition coefficient (Wildman–Crippen LogP) is 6.86. The van der Waals surface area contributed by atoms with Crippen molar-refractivity contribution in [1.82, 2.24) is 30.1 Å². The number of alkyl carbamates (subject to hydrolysis) is 1. The number of alkyl halides is 3. The van der Waals surface area contributed by atoms with Gasteiger partial charge in [0.15, 0.2) is 0 Å². The monoisotopic (exact) mass is 972 g/mol. The maximum Gasteiger partial charge on any atom is 0.408 e. The highest BCUT2D eigenvalue weighted by molar-refractivity contribution is 7.91. The van der Waals surface area contributed by atoms with Crippen LogP contribution in [0.25, 0.3) is 10.9 Å². The Morgan fingerprint density at radius 2 is 1.68 bits per heavy atom. The van der Waals surface area contributed by atoms with Gasteiger partial charge in [-0.3, -0.25) is 24.0 Å². The Kier molecular flexibility index (Phi) is 14.6. The number of carbonyl (C=O) groups is 4. The Hall–Kier alpha value is -4.65. The van der Waals surface area contributed by atoms with Gasteiger partial charge in [0.1, 0.15) is 41.7 Å². The molecule has 0 spiro atoms. The number of halogens is 3. The number of nitrogens with one attached hydrogen (secondary N) is 3. The first-order valence-corrected chi connectivity index (χ1v) is 26.1. The average molecular weight is 973 g/mol. The molecule has 5 fully saturated rings. The lowest BCUT2D eigenvalue weighted by molar-refractivity contribution is -0.149. The third-order valence-electron chi connectivity index (χ3n) is 15.5. The molecule has 19 heteroatoms. The topological polar surface area (TPSA) is 186 Å². The molecular weight excluding hydrogens is 906 g/mol. The predicted molar refractivity (Wildman–Crippen MR) is 247 cm³/mol. The molecule has 6 aliphatic rings. The van der Waals surface area contributed by atoms with Gasteiger partial charge in [-0.05, 0) is 102 Å². The summed E-state index contributed by atoms with van der Waals surface area (Å²) < 4.78 is 87.2. The fourth-order valence-corrected chi connectivity index (χ4v) is 11.8. The number of ether oxygens (including phenoxy) is 3. The molecule has 4 heterocycles. The number of sulfonamides is 1. The van der Waals surface area contributed by atoms with Gasteiger partial charge >= 0.3 is 12.3 Å². The summed E-state index contributed by atoms with van der Waals surface area (Å²) in [4.78, 5) is 65.6. The Morgan fingerprint density at radius 1 is 1.00 bits per heavy atom. The second kappa shape index (κ2) is 20.0. The summed E-state index contributed by atoms with van der Waals surface area (Å²) in [5.74, 6) is -2.21. The number of amides is 4. The maximum absolute atomic E-state index is 15.2. The Balaban J connectivity index is 1.15. The molecule has 2 bridgehead atoms. The lowest BCUT2D eigenvalue weighted by Gasteiger charge is -2.37. The number of rotatable bonds is 11. The smallest absolute Gasteiger partial charge is 0.408 e. The van der Waals surface area contributed by atoms with Crippen LogP contribution in [-0.4, -0.2) is 120 Å². The summed E-state index contributed by atoms with van der Waals surface area (Å²) in [5, 5.41) is 6.49. The number of hydrogen-bond acceptors (Lipinski definition) is 11. The van der Waals surface area contributed by atoms with Gasteiger partial charge in [0.05, 0.1) is 28.9 Å². The molecule has 3 saturated carbocycles. The van der Waals surface area contributed by atoms with Crippen LogP contribution in [0, 0.1) is 17.8 Å². The number of benzene rings is 1. The summed E-state index contributed by atoms with van der Waals surface area (Å²) in [7, 11) is -4.10. The number of pyridine rings is 1. The lowest BCUT2D eigenvalue weighted by atomic mass is 9.83. The summed E-state index contributed by atoms with van der Waals surface area (Å²) in [6.07, 6.45) is 4.96. The van der Waals surface area contributed by atoms with Gasteiger partial charge in [-0.25, -0.2) is 18.2 Å². The number of para-hydroxylation sites is 1. The van der Waals surface area contributed by atoms with Gasteiger partial charge in [0, 0.05) is 30.8 Å². The van der Waals surface area contributed by atoms with Gasteiger partial charge in [-0.1, -0.05) is 57.2 Å². The van der Waals surface area contributed by atoms with E-state index in [0.717, 1.165) is 50.3 Å². The summed E-state index contributed by atoms with van der Waals surface area (Å²) in [6, 6.07) is 5.16. The van der Waals surface area contributed by atoms with Crippen molar-refractivity contribution in [3.05, 3.63) is 42.5 Å². The molecule has 8 rings (SSSR count). The molecule has 374 valence electrons. The van der Waals surface area contributed by atoms with Crippen molar-refractivity contribution >= 4 is 44.7 Å². The zero-order chi connectivity index (χ0) is 48.6. The van der Waals surface area contributed by atoms with Gasteiger partial charge in [-0.2, -0.15) is 13.2 Å². The largest absolute Gasteiger partial charge is 0.489 e. The van der Waals surface area contributed by atoms with E-state index in [-0.39, 0.29) is 56.0 Å². The van der Waals surface area contributed by atoms with Crippen LogP contribution in [-0.2, 0) is 35.6 Å². The number of likely N-dealkylation sites (tertiary alicyclic amines) is 1. The van der Waals surface area contributed by atoms with E-state index in [9.17, 15) is 36.0 Å². The zero-order valence-corrected chi connectivity index (χ0v) is 40.2. The molecule has 15 nitrogen and oxygen atoms in total. The van der Waals surface area contributed by atoms with E-state index in [1.54, 1.807) is 13.8 Å². The molecule has 4 amide bonds. The fraction of sp³-hybridized carbons (Fsp3) is 0.694. The van der Waals surface area contributed by atoms with Crippen LogP contribution in [0.1, 0.15) is 123 Å². The van der Waals surface area contributed by atoms with Gasteiger partial charge in [-0.15, -0.1) is 6.58 Å². The highest BCUT2D eigenvalue weighted by Crippen LogP contribution is 2.44. The third-order valence-corrected chi connectivity index (χ3v) is 17.6. The van der Waals surface area contributed by atoms with Crippen LogP contribution < -0.4 is 24.8 Å². The van der Waals surface area contributed by atoms with E-state index in [1.165, 1.54) is 22.8 Å². The molecule has 68 heavy (non-hydrogen) atoms. The van der Waals surface area contributed by atoms with Crippen molar-refractivity contribution in [2.24, 2.45) is 17.8 Å². The van der Waals surface area contributed by atoms with E-state index in [1.807, 2.05) is 24.3 Å². The summed E-state index contributed by atoms with van der Waals surface area (Å²) in [6.45, 7) is 7.82. The third kappa shape index (κ3) is 11.2. The maximum atomic E-state index is 15.2. The zero-order valence-electron chi connectivity index (χ0n) is 39.4. The highest BCUT2D eigenvalue weighted by atomic mass is 32.2. The van der Waals surface area contributed by atoms with Crippen LogP contribution >= 0.6 is 0 Å². The molecule has 2 aromatic rings. The van der Waals surface area contributed by atoms with E-state index in [2.05, 4.69) is 21.9 Å². The summed E-state index contributed by atoms with van der Waals surface area (Å²) in [5.41, 5.74) is -0.582. The highest BCUT2D eigenvalue weighted by Gasteiger charge is 2.54. The van der Waals surface area contributed by atoms with E-state index in [0.29, 0.717) is 68.2 Å². The Morgan fingerprint density at radius 3 is 2.35 bits per heavy atom. The quantitative estimate of drug-likeness (QED) is 0.200. The number of fused-ring (bicyclic) bond motifs is 5. The minimum Gasteiger partial charge on any atom is -0.489 e. The van der Waals surface area contributed by atoms with Crippen molar-refractivity contribution in [2.75, 3.05) is 26.2 Å². The van der Waals surface area contributed by atoms with Crippen molar-refractivity contribution in [2.45, 2.75) is 170 Å². The van der Waals surface area contributed by atoms with E-state index >= 15 is 4.79 Å². The summed E-state index contributed by atoms with van der Waals surface area (Å²) >= 11 is 0. The normalized spacial score (nSPS) is 27.9. The van der Waals surface area contributed by atoms with E-state index in [4.69, 9.17) is 19.2 Å². The second-order valence-electron chi connectivity index (χ2n) is 20.6. The fourth-order valence-electron chi connectivity index (χ4n) is 10.4.